The molecule has 26 heavy (non-hydrogen) atoms. The second-order valence-electron chi connectivity index (χ2n) is 5.72. The van der Waals surface area contributed by atoms with Crippen molar-refractivity contribution in [3.8, 4) is 11.3 Å². The van der Waals surface area contributed by atoms with Crippen LogP contribution in [-0.2, 0) is 16.0 Å². The van der Waals surface area contributed by atoms with E-state index in [4.69, 9.17) is 9.15 Å². The Morgan fingerprint density at radius 2 is 1.69 bits per heavy atom. The second-order valence-corrected chi connectivity index (χ2v) is 5.72. The van der Waals surface area contributed by atoms with Crippen molar-refractivity contribution >= 4 is 17.6 Å². The number of methoxy groups -OCH3 is 1. The molecule has 0 aliphatic rings. The summed E-state index contributed by atoms with van der Waals surface area (Å²) in [5, 5.41) is 2.75. The third kappa shape index (κ3) is 4.19. The Labute approximate surface area is 151 Å². The first kappa shape index (κ1) is 17.5. The van der Waals surface area contributed by atoms with Gasteiger partial charge < -0.3 is 14.5 Å². The van der Waals surface area contributed by atoms with E-state index in [9.17, 15) is 9.59 Å². The molecule has 1 heterocycles. The number of rotatable bonds is 6. The molecule has 5 heteroatoms. The first-order valence-electron chi connectivity index (χ1n) is 8.28. The summed E-state index contributed by atoms with van der Waals surface area (Å²) in [6.45, 7) is 0. The fourth-order valence-electron chi connectivity index (χ4n) is 2.60. The maximum atomic E-state index is 12.2. The van der Waals surface area contributed by atoms with Gasteiger partial charge in [0.15, 0.2) is 0 Å². The molecule has 0 aliphatic carbocycles. The van der Waals surface area contributed by atoms with E-state index in [0.29, 0.717) is 17.7 Å². The minimum atomic E-state index is -0.487. The number of amides is 1. The van der Waals surface area contributed by atoms with Gasteiger partial charge in [-0.1, -0.05) is 42.5 Å². The van der Waals surface area contributed by atoms with E-state index in [0.717, 1.165) is 17.1 Å². The van der Waals surface area contributed by atoms with Gasteiger partial charge in [0.05, 0.1) is 18.4 Å². The highest BCUT2D eigenvalue weighted by Gasteiger charge is 2.14. The van der Waals surface area contributed by atoms with E-state index >= 15 is 0 Å². The number of hydrogen-bond acceptors (Lipinski definition) is 4. The summed E-state index contributed by atoms with van der Waals surface area (Å²) in [5.41, 5.74) is 1.76. The van der Waals surface area contributed by atoms with Crippen LogP contribution in [0.4, 0.5) is 5.69 Å². The van der Waals surface area contributed by atoms with E-state index in [-0.39, 0.29) is 12.3 Å². The highest BCUT2D eigenvalue weighted by atomic mass is 16.5. The normalized spacial score (nSPS) is 10.3. The van der Waals surface area contributed by atoms with E-state index < -0.39 is 5.97 Å². The number of carbonyl (C=O) groups is 2. The minimum absolute atomic E-state index is 0.195. The lowest BCUT2D eigenvalue weighted by Crippen LogP contribution is -2.15. The van der Waals surface area contributed by atoms with Gasteiger partial charge in [-0.25, -0.2) is 4.79 Å². The zero-order valence-electron chi connectivity index (χ0n) is 14.4. The monoisotopic (exact) mass is 349 g/mol. The summed E-state index contributed by atoms with van der Waals surface area (Å²) in [6, 6.07) is 20.3. The maximum absolute atomic E-state index is 12.2. The second kappa shape index (κ2) is 8.16. The van der Waals surface area contributed by atoms with Crippen LogP contribution >= 0.6 is 0 Å². The first-order valence-corrected chi connectivity index (χ1v) is 8.28. The van der Waals surface area contributed by atoms with Crippen LogP contribution in [0.5, 0.6) is 0 Å². The lowest BCUT2D eigenvalue weighted by molar-refractivity contribution is -0.116. The Kier molecular flexibility index (Phi) is 5.49. The molecule has 0 unspecified atom stereocenters. The zero-order chi connectivity index (χ0) is 18.4. The van der Waals surface area contributed by atoms with Crippen LogP contribution in [0.25, 0.3) is 11.3 Å². The van der Waals surface area contributed by atoms with Crippen LogP contribution in [0, 0.1) is 0 Å². The van der Waals surface area contributed by atoms with Gasteiger partial charge in [-0.3, -0.25) is 4.79 Å². The number of para-hydroxylation sites is 1. The minimum Gasteiger partial charge on any atom is -0.465 e. The van der Waals surface area contributed by atoms with Crippen molar-refractivity contribution in [2.24, 2.45) is 0 Å². The van der Waals surface area contributed by atoms with Crippen LogP contribution < -0.4 is 5.32 Å². The Morgan fingerprint density at radius 1 is 0.962 bits per heavy atom. The molecule has 1 amide bonds. The fourth-order valence-corrected chi connectivity index (χ4v) is 2.60. The molecule has 0 radical (unpaired) electrons. The lowest BCUT2D eigenvalue weighted by atomic mass is 10.1. The zero-order valence-corrected chi connectivity index (χ0v) is 14.4. The topological polar surface area (TPSA) is 68.5 Å². The van der Waals surface area contributed by atoms with Gasteiger partial charge in [-0.05, 0) is 24.3 Å². The van der Waals surface area contributed by atoms with E-state index in [1.807, 2.05) is 42.5 Å². The number of ether oxygens (including phenoxy) is 1. The summed E-state index contributed by atoms with van der Waals surface area (Å²) in [5.74, 6) is 0.829. The largest absolute Gasteiger partial charge is 0.465 e. The molecule has 3 rings (SSSR count). The predicted octanol–water partition coefficient (Wildman–Crippen LogP) is 4.30. The Balaban J connectivity index is 1.60. The van der Waals surface area contributed by atoms with Gasteiger partial charge in [0.25, 0.3) is 0 Å². The molecule has 2 aromatic carbocycles. The molecule has 1 aromatic heterocycles. The average molecular weight is 349 g/mol. The van der Waals surface area contributed by atoms with Crippen molar-refractivity contribution < 1.29 is 18.7 Å². The summed E-state index contributed by atoms with van der Waals surface area (Å²) in [6.07, 6.45) is 0.719. The number of benzene rings is 2. The molecule has 0 spiro atoms. The molecule has 0 fully saturated rings. The quantitative estimate of drug-likeness (QED) is 0.674. The summed E-state index contributed by atoms with van der Waals surface area (Å²) in [7, 11) is 1.31. The Morgan fingerprint density at radius 3 is 2.46 bits per heavy atom. The van der Waals surface area contributed by atoms with Crippen LogP contribution in [-0.4, -0.2) is 19.0 Å². The van der Waals surface area contributed by atoms with Gasteiger partial charge in [0, 0.05) is 18.4 Å². The molecule has 0 atom stereocenters. The number of hydrogen-bond donors (Lipinski definition) is 1. The van der Waals surface area contributed by atoms with E-state index in [1.165, 1.54) is 7.11 Å². The van der Waals surface area contributed by atoms with Crippen molar-refractivity contribution in [1.29, 1.82) is 0 Å². The molecule has 0 saturated carbocycles. The molecule has 3 aromatic rings. The van der Waals surface area contributed by atoms with Crippen LogP contribution in [0.1, 0.15) is 22.5 Å². The smallest absolute Gasteiger partial charge is 0.339 e. The molecular formula is C21H19NO4. The Bertz CT molecular complexity index is 899. The third-order valence-corrected chi connectivity index (χ3v) is 3.92. The fraction of sp³-hybridized carbons (Fsp3) is 0.143. The molecule has 5 nitrogen and oxygen atoms in total. The number of nitrogens with one attached hydrogen (secondary N) is 1. The lowest BCUT2D eigenvalue weighted by Gasteiger charge is -2.09. The molecular weight excluding hydrogens is 330 g/mol. The number of carbonyl (C=O) groups excluding carboxylic acids is 2. The summed E-state index contributed by atoms with van der Waals surface area (Å²) in [4.78, 5) is 24.0. The van der Waals surface area contributed by atoms with Gasteiger partial charge in [-0.15, -0.1) is 0 Å². The van der Waals surface area contributed by atoms with Gasteiger partial charge in [-0.2, -0.15) is 0 Å². The van der Waals surface area contributed by atoms with Crippen molar-refractivity contribution in [1.82, 2.24) is 0 Å². The SMILES string of the molecule is COC(=O)c1ccccc1NC(=O)CCc1ccc(-c2ccccc2)o1. The Hall–Kier alpha value is -3.34. The molecule has 1 N–H and O–H groups in total. The van der Waals surface area contributed by atoms with Crippen molar-refractivity contribution in [2.75, 3.05) is 12.4 Å². The molecule has 0 aliphatic heterocycles. The van der Waals surface area contributed by atoms with Crippen LogP contribution in [0.15, 0.2) is 71.1 Å². The van der Waals surface area contributed by atoms with E-state index in [1.54, 1.807) is 24.3 Å². The van der Waals surface area contributed by atoms with E-state index in [2.05, 4.69) is 5.32 Å². The number of anilines is 1. The summed E-state index contributed by atoms with van der Waals surface area (Å²) >= 11 is 0. The predicted molar refractivity (Wildman–Crippen MR) is 98.9 cm³/mol. The van der Waals surface area contributed by atoms with Crippen molar-refractivity contribution in [3.05, 3.63) is 78.1 Å². The van der Waals surface area contributed by atoms with Crippen LogP contribution in [0.2, 0.25) is 0 Å². The standard InChI is InChI=1S/C21H19NO4/c1-25-21(24)17-9-5-6-10-18(17)22-20(23)14-12-16-11-13-19(26-16)15-7-3-2-4-8-15/h2-11,13H,12,14H2,1H3,(H,22,23). The van der Waals surface area contributed by atoms with Crippen molar-refractivity contribution in [3.63, 3.8) is 0 Å². The molecule has 0 bridgehead atoms. The molecule has 0 saturated heterocycles. The maximum Gasteiger partial charge on any atom is 0.339 e. The van der Waals surface area contributed by atoms with Gasteiger partial charge in [0.2, 0.25) is 5.91 Å². The number of aryl methyl sites for hydroxylation is 1. The molecule has 132 valence electrons. The first-order chi connectivity index (χ1) is 12.7. The number of esters is 1. The average Bonchev–Trinajstić information content (AvgIpc) is 3.16. The van der Waals surface area contributed by atoms with Crippen LogP contribution in [0.3, 0.4) is 0 Å². The number of furan rings is 1. The van der Waals surface area contributed by atoms with Gasteiger partial charge >= 0.3 is 5.97 Å². The highest BCUT2D eigenvalue weighted by Crippen LogP contribution is 2.22. The van der Waals surface area contributed by atoms with Crippen molar-refractivity contribution in [2.45, 2.75) is 12.8 Å². The highest BCUT2D eigenvalue weighted by molar-refractivity contribution is 6.01. The third-order valence-electron chi connectivity index (χ3n) is 3.92. The summed E-state index contributed by atoms with van der Waals surface area (Å²) < 4.78 is 10.5. The van der Waals surface area contributed by atoms with Gasteiger partial charge in [0.1, 0.15) is 11.5 Å².